The number of ether oxygens (including phenoxy) is 1. The van der Waals surface area contributed by atoms with Gasteiger partial charge < -0.3 is 10.1 Å². The molecule has 1 aromatic heterocycles. The summed E-state index contributed by atoms with van der Waals surface area (Å²) >= 11 is 10.0. The fourth-order valence-electron chi connectivity index (χ4n) is 4.46. The highest BCUT2D eigenvalue weighted by Gasteiger charge is 2.41. The number of halogens is 2. The minimum Gasteiger partial charge on any atom is -0.480 e. The van der Waals surface area contributed by atoms with Gasteiger partial charge in [0.1, 0.15) is 24.2 Å². The van der Waals surface area contributed by atoms with Gasteiger partial charge in [0.2, 0.25) is 5.95 Å². The second kappa shape index (κ2) is 7.50. The van der Waals surface area contributed by atoms with Crippen molar-refractivity contribution in [2.45, 2.75) is 19.1 Å². The first kappa shape index (κ1) is 19.6. The molecule has 158 valence electrons. The molecule has 3 aromatic carbocycles. The van der Waals surface area contributed by atoms with Crippen LogP contribution in [0.15, 0.2) is 83.1 Å². The topological polar surface area (TPSA) is 52.0 Å². The molecule has 7 heteroatoms. The van der Waals surface area contributed by atoms with Crippen LogP contribution in [0.2, 0.25) is 5.02 Å². The molecule has 6 rings (SSSR count). The standard InChI is InChI=1S/C25H18BrClN4O/c1-14-5-7-15(8-6-14)23-21-22(30-25-28-13-29-31(23)25)19-12-18(27)9-10-20(19)32-24(21)16-3-2-4-17(26)11-16/h2-13,23-24H,1H3,(H,28,29,30)/t23-,24+/m1/s1. The minimum atomic E-state index is -0.313. The summed E-state index contributed by atoms with van der Waals surface area (Å²) in [6.07, 6.45) is 1.27. The smallest absolute Gasteiger partial charge is 0.226 e. The van der Waals surface area contributed by atoms with Gasteiger partial charge in [0.05, 0.1) is 5.70 Å². The van der Waals surface area contributed by atoms with E-state index in [1.54, 1.807) is 6.33 Å². The van der Waals surface area contributed by atoms with E-state index in [4.69, 9.17) is 16.3 Å². The van der Waals surface area contributed by atoms with Crippen LogP contribution in [0.25, 0.3) is 5.70 Å². The van der Waals surface area contributed by atoms with Crippen LogP contribution in [0.5, 0.6) is 5.75 Å². The Labute approximate surface area is 198 Å². The first-order valence-electron chi connectivity index (χ1n) is 10.3. The van der Waals surface area contributed by atoms with Crippen molar-refractivity contribution in [3.05, 3.63) is 110 Å². The molecule has 0 saturated heterocycles. The minimum absolute atomic E-state index is 0.180. The zero-order valence-electron chi connectivity index (χ0n) is 17.1. The summed E-state index contributed by atoms with van der Waals surface area (Å²) < 4.78 is 9.55. The summed E-state index contributed by atoms with van der Waals surface area (Å²) in [4.78, 5) is 4.47. The molecule has 0 saturated carbocycles. The van der Waals surface area contributed by atoms with Crippen molar-refractivity contribution in [3.63, 3.8) is 0 Å². The van der Waals surface area contributed by atoms with E-state index in [0.29, 0.717) is 11.0 Å². The monoisotopic (exact) mass is 504 g/mol. The number of anilines is 1. The van der Waals surface area contributed by atoms with Crippen LogP contribution in [0.3, 0.4) is 0 Å². The molecular formula is C25H18BrClN4O. The fourth-order valence-corrected chi connectivity index (χ4v) is 5.04. The van der Waals surface area contributed by atoms with Gasteiger partial charge in [0, 0.05) is 20.6 Å². The average Bonchev–Trinajstić information content (AvgIpc) is 3.26. The van der Waals surface area contributed by atoms with E-state index in [0.717, 1.165) is 38.2 Å². The van der Waals surface area contributed by atoms with E-state index in [9.17, 15) is 0 Å². The Bertz CT molecular complexity index is 1380. The molecule has 2 aliphatic rings. The molecule has 5 nitrogen and oxygen atoms in total. The van der Waals surface area contributed by atoms with Crippen LogP contribution in [0, 0.1) is 6.92 Å². The molecular weight excluding hydrogens is 488 g/mol. The quantitative estimate of drug-likeness (QED) is 0.335. The van der Waals surface area contributed by atoms with Gasteiger partial charge in [-0.15, -0.1) is 0 Å². The predicted molar refractivity (Wildman–Crippen MR) is 129 cm³/mol. The summed E-state index contributed by atoms with van der Waals surface area (Å²) in [6, 6.07) is 22.3. The van der Waals surface area contributed by atoms with Crippen molar-refractivity contribution in [3.8, 4) is 5.75 Å². The lowest BCUT2D eigenvalue weighted by atomic mass is 9.84. The van der Waals surface area contributed by atoms with Gasteiger partial charge in [-0.1, -0.05) is 69.5 Å². The number of hydrogen-bond donors (Lipinski definition) is 1. The van der Waals surface area contributed by atoms with Crippen LogP contribution >= 0.6 is 27.5 Å². The van der Waals surface area contributed by atoms with E-state index in [2.05, 4.69) is 74.7 Å². The maximum atomic E-state index is 6.63. The average molecular weight is 506 g/mol. The highest BCUT2D eigenvalue weighted by atomic mass is 79.9. The number of rotatable bonds is 2. The molecule has 0 aliphatic carbocycles. The third-order valence-electron chi connectivity index (χ3n) is 5.92. The number of nitrogens with one attached hydrogen (secondary N) is 1. The number of aromatic nitrogens is 3. The van der Waals surface area contributed by atoms with E-state index < -0.39 is 0 Å². The van der Waals surface area contributed by atoms with E-state index in [-0.39, 0.29) is 12.1 Å². The SMILES string of the molecule is Cc1ccc([C@@H]2C3=C(Nc4ncnn42)c2cc(Cl)ccc2O[C@H]3c2cccc(Br)c2)cc1. The number of nitrogens with zero attached hydrogens (tertiary/aromatic N) is 3. The lowest BCUT2D eigenvalue weighted by Crippen LogP contribution is -2.32. The molecule has 32 heavy (non-hydrogen) atoms. The summed E-state index contributed by atoms with van der Waals surface area (Å²) in [5, 5.41) is 8.73. The van der Waals surface area contributed by atoms with Crippen molar-refractivity contribution in [2.24, 2.45) is 0 Å². The number of fused-ring (bicyclic) bond motifs is 3. The molecule has 0 radical (unpaired) electrons. The van der Waals surface area contributed by atoms with E-state index in [1.165, 1.54) is 5.56 Å². The van der Waals surface area contributed by atoms with Crippen molar-refractivity contribution in [1.82, 2.24) is 14.8 Å². The van der Waals surface area contributed by atoms with Crippen LogP contribution in [0.4, 0.5) is 5.95 Å². The summed E-state index contributed by atoms with van der Waals surface area (Å²) in [5.74, 6) is 1.47. The lowest BCUT2D eigenvalue weighted by Gasteiger charge is -2.39. The summed E-state index contributed by atoms with van der Waals surface area (Å²) in [7, 11) is 0. The van der Waals surface area contributed by atoms with Crippen molar-refractivity contribution >= 4 is 39.2 Å². The van der Waals surface area contributed by atoms with E-state index in [1.807, 2.05) is 35.0 Å². The summed E-state index contributed by atoms with van der Waals surface area (Å²) in [6.45, 7) is 2.09. The molecule has 4 aromatic rings. The van der Waals surface area contributed by atoms with Crippen LogP contribution in [0.1, 0.15) is 34.4 Å². The van der Waals surface area contributed by atoms with Crippen LogP contribution in [-0.2, 0) is 0 Å². The first-order chi connectivity index (χ1) is 15.6. The molecule has 2 aliphatic heterocycles. The van der Waals surface area contributed by atoms with E-state index >= 15 is 0 Å². The van der Waals surface area contributed by atoms with Crippen molar-refractivity contribution in [2.75, 3.05) is 5.32 Å². The second-order valence-corrected chi connectivity index (χ2v) is 9.34. The molecule has 0 unspecified atom stereocenters. The Kier molecular flexibility index (Phi) is 4.59. The normalized spacial score (nSPS) is 18.8. The van der Waals surface area contributed by atoms with Crippen molar-refractivity contribution in [1.29, 1.82) is 0 Å². The fraction of sp³-hybridized carbons (Fsp3) is 0.120. The third-order valence-corrected chi connectivity index (χ3v) is 6.65. The van der Waals surface area contributed by atoms with Gasteiger partial charge in [-0.25, -0.2) is 4.68 Å². The lowest BCUT2D eigenvalue weighted by molar-refractivity contribution is 0.223. The molecule has 2 atom stereocenters. The van der Waals surface area contributed by atoms with Crippen molar-refractivity contribution < 1.29 is 4.74 Å². The molecule has 0 amide bonds. The molecule has 0 spiro atoms. The predicted octanol–water partition coefficient (Wildman–Crippen LogP) is 6.56. The Hall–Kier alpha value is -3.09. The number of hydrogen-bond acceptors (Lipinski definition) is 4. The Morgan fingerprint density at radius 1 is 1.03 bits per heavy atom. The molecule has 3 heterocycles. The van der Waals surface area contributed by atoms with Crippen LogP contribution in [-0.4, -0.2) is 14.8 Å². The van der Waals surface area contributed by atoms with Gasteiger partial charge in [-0.2, -0.15) is 10.1 Å². The van der Waals surface area contributed by atoms with Gasteiger partial charge in [0.15, 0.2) is 0 Å². The third kappa shape index (κ3) is 3.14. The largest absolute Gasteiger partial charge is 0.480 e. The zero-order valence-corrected chi connectivity index (χ0v) is 19.4. The van der Waals surface area contributed by atoms with Gasteiger partial charge in [-0.3, -0.25) is 0 Å². The van der Waals surface area contributed by atoms with Gasteiger partial charge in [-0.05, 0) is 48.4 Å². The highest BCUT2D eigenvalue weighted by Crippen LogP contribution is 2.51. The first-order valence-corrected chi connectivity index (χ1v) is 11.4. The number of benzene rings is 3. The maximum absolute atomic E-state index is 6.63. The highest BCUT2D eigenvalue weighted by molar-refractivity contribution is 9.10. The summed E-state index contributed by atoms with van der Waals surface area (Å²) in [5.41, 5.74) is 6.33. The van der Waals surface area contributed by atoms with Gasteiger partial charge >= 0.3 is 0 Å². The molecule has 1 N–H and O–H groups in total. The van der Waals surface area contributed by atoms with Crippen LogP contribution < -0.4 is 10.1 Å². The zero-order chi connectivity index (χ0) is 21.8. The van der Waals surface area contributed by atoms with Gasteiger partial charge in [0.25, 0.3) is 0 Å². The second-order valence-electron chi connectivity index (χ2n) is 7.99. The Morgan fingerprint density at radius 3 is 2.69 bits per heavy atom. The number of aryl methyl sites for hydroxylation is 1. The Balaban J connectivity index is 1.64. The molecule has 0 fully saturated rings. The molecule has 0 bridgehead atoms. The Morgan fingerprint density at radius 2 is 1.88 bits per heavy atom. The maximum Gasteiger partial charge on any atom is 0.226 e.